The van der Waals surface area contributed by atoms with Gasteiger partial charge in [-0.25, -0.2) is 5.43 Å². The van der Waals surface area contributed by atoms with E-state index in [4.69, 9.17) is 9.47 Å². The smallest absolute Gasteiger partial charge is 0.277 e. The highest BCUT2D eigenvalue weighted by Crippen LogP contribution is 2.28. The van der Waals surface area contributed by atoms with Crippen molar-refractivity contribution in [2.75, 3.05) is 13.7 Å². The first-order valence-corrected chi connectivity index (χ1v) is 9.13. The van der Waals surface area contributed by atoms with E-state index in [0.29, 0.717) is 11.5 Å². The first kappa shape index (κ1) is 19.2. The minimum absolute atomic E-state index is 0.151. The minimum atomic E-state index is -0.346. The number of hydrogen-bond acceptors (Lipinski definition) is 5. The summed E-state index contributed by atoms with van der Waals surface area (Å²) in [5.74, 6) is 0.739. The van der Waals surface area contributed by atoms with Crippen LogP contribution in [0.15, 0.2) is 46.5 Å². The molecular weight excluding hydrogens is 404 g/mol. The van der Waals surface area contributed by atoms with Crippen molar-refractivity contribution in [2.24, 2.45) is 5.10 Å². The van der Waals surface area contributed by atoms with Gasteiger partial charge in [0.1, 0.15) is 0 Å². The van der Waals surface area contributed by atoms with Gasteiger partial charge in [-0.2, -0.15) is 5.10 Å². The molecule has 0 aliphatic heterocycles. The van der Waals surface area contributed by atoms with Crippen LogP contribution in [0.25, 0.3) is 0 Å². The highest BCUT2D eigenvalue weighted by atomic mass is 79.9. The lowest BCUT2D eigenvalue weighted by atomic mass is 10.1. The Balaban J connectivity index is 1.88. The minimum Gasteiger partial charge on any atom is -0.493 e. The summed E-state index contributed by atoms with van der Waals surface area (Å²) in [5, 5.41) is 3.93. The van der Waals surface area contributed by atoms with Gasteiger partial charge in [0.25, 0.3) is 5.91 Å². The summed E-state index contributed by atoms with van der Waals surface area (Å²) < 4.78 is 11.8. The molecule has 0 fully saturated rings. The van der Waals surface area contributed by atoms with Crippen LogP contribution in [-0.2, 0) is 11.2 Å². The number of carbonyl (C=O) groups excluding carboxylic acids is 1. The van der Waals surface area contributed by atoms with E-state index in [1.165, 1.54) is 0 Å². The second kappa shape index (κ2) is 9.39. The summed E-state index contributed by atoms with van der Waals surface area (Å²) in [6.45, 7) is 5.56. The molecule has 1 amide bonds. The van der Waals surface area contributed by atoms with Crippen LogP contribution in [0, 0.1) is 6.92 Å². The molecule has 132 valence electrons. The number of halogens is 1. The zero-order valence-corrected chi connectivity index (χ0v) is 16.4. The molecule has 0 saturated carbocycles. The van der Waals surface area contributed by atoms with Crippen molar-refractivity contribution in [3.8, 4) is 11.5 Å². The number of allylic oxidation sites excluding steroid dienone is 1. The SMILES string of the molecule is C=CCc1ccc(OCC(=O)N/N=C/c2cc(Br)c(C)s2)c(OC)c1. The van der Waals surface area contributed by atoms with Crippen molar-refractivity contribution in [2.45, 2.75) is 13.3 Å². The number of hydrogen-bond donors (Lipinski definition) is 1. The van der Waals surface area contributed by atoms with Crippen LogP contribution in [0.3, 0.4) is 0 Å². The van der Waals surface area contributed by atoms with Gasteiger partial charge in [-0.1, -0.05) is 12.1 Å². The predicted molar refractivity (Wildman–Crippen MR) is 105 cm³/mol. The lowest BCUT2D eigenvalue weighted by Crippen LogP contribution is -2.24. The Morgan fingerprint density at radius 2 is 2.20 bits per heavy atom. The maximum atomic E-state index is 11.8. The Hall–Kier alpha value is -2.12. The predicted octanol–water partition coefficient (Wildman–Crippen LogP) is 4.09. The Labute approximate surface area is 159 Å². The molecule has 25 heavy (non-hydrogen) atoms. The third-order valence-electron chi connectivity index (χ3n) is 3.22. The number of benzene rings is 1. The van der Waals surface area contributed by atoms with Crippen molar-refractivity contribution >= 4 is 39.4 Å². The molecule has 1 heterocycles. The summed E-state index contributed by atoms with van der Waals surface area (Å²) in [5.41, 5.74) is 3.50. The van der Waals surface area contributed by atoms with Crippen molar-refractivity contribution < 1.29 is 14.3 Å². The summed E-state index contributed by atoms with van der Waals surface area (Å²) in [7, 11) is 1.56. The molecule has 2 aromatic rings. The zero-order valence-electron chi connectivity index (χ0n) is 14.0. The molecule has 0 aliphatic rings. The first-order chi connectivity index (χ1) is 12.0. The van der Waals surface area contributed by atoms with Crippen LogP contribution in [-0.4, -0.2) is 25.8 Å². The van der Waals surface area contributed by atoms with Crippen molar-refractivity contribution in [3.63, 3.8) is 0 Å². The van der Waals surface area contributed by atoms with E-state index < -0.39 is 0 Å². The maximum absolute atomic E-state index is 11.8. The van der Waals surface area contributed by atoms with Crippen LogP contribution in [0.5, 0.6) is 11.5 Å². The van der Waals surface area contributed by atoms with E-state index in [1.54, 1.807) is 30.7 Å². The Morgan fingerprint density at radius 3 is 2.84 bits per heavy atom. The number of amides is 1. The summed E-state index contributed by atoms with van der Waals surface area (Å²) in [6, 6.07) is 7.50. The molecule has 0 saturated heterocycles. The number of nitrogens with zero attached hydrogens (tertiary/aromatic N) is 1. The fraction of sp³-hybridized carbons (Fsp3) is 0.222. The van der Waals surface area contributed by atoms with E-state index in [2.05, 4.69) is 33.0 Å². The number of aryl methyl sites for hydroxylation is 1. The van der Waals surface area contributed by atoms with Crippen molar-refractivity contribution in [3.05, 3.63) is 56.7 Å². The highest BCUT2D eigenvalue weighted by molar-refractivity contribution is 9.10. The number of methoxy groups -OCH3 is 1. The quantitative estimate of drug-likeness (QED) is 0.395. The first-order valence-electron chi connectivity index (χ1n) is 7.52. The van der Waals surface area contributed by atoms with Crippen LogP contribution in [0.4, 0.5) is 0 Å². The van der Waals surface area contributed by atoms with Crippen LogP contribution in [0.2, 0.25) is 0 Å². The van der Waals surface area contributed by atoms with E-state index in [9.17, 15) is 4.79 Å². The standard InChI is InChI=1S/C18H19BrN2O3S/c1-4-5-13-6-7-16(17(8-13)23-3)24-11-18(22)21-20-10-14-9-15(19)12(2)25-14/h4,6-10H,1,5,11H2,2-3H3,(H,21,22)/b20-10+. The van der Waals surface area contributed by atoms with Crippen molar-refractivity contribution in [1.82, 2.24) is 5.43 Å². The number of carbonyl (C=O) groups is 1. The number of rotatable bonds is 8. The van der Waals surface area contributed by atoms with Gasteiger partial charge >= 0.3 is 0 Å². The number of nitrogens with one attached hydrogen (secondary N) is 1. The molecule has 0 unspecified atom stereocenters. The normalized spacial score (nSPS) is 10.7. The molecular formula is C18H19BrN2O3S. The monoisotopic (exact) mass is 422 g/mol. The van der Waals surface area contributed by atoms with Gasteiger partial charge in [-0.3, -0.25) is 4.79 Å². The van der Waals surface area contributed by atoms with Gasteiger partial charge in [0.2, 0.25) is 0 Å². The molecule has 7 heteroatoms. The number of hydrazone groups is 1. The average Bonchev–Trinajstić information content (AvgIpc) is 2.91. The third kappa shape index (κ3) is 5.72. The Bertz CT molecular complexity index is 767. The average molecular weight is 423 g/mol. The van der Waals surface area contributed by atoms with Crippen LogP contribution in [0.1, 0.15) is 15.3 Å². The Kier molecular flexibility index (Phi) is 7.21. The second-order valence-corrected chi connectivity index (χ2v) is 7.25. The van der Waals surface area contributed by atoms with Gasteiger partial charge in [-0.15, -0.1) is 17.9 Å². The van der Waals surface area contributed by atoms with Gasteiger partial charge in [-0.05, 0) is 53.0 Å². The fourth-order valence-electron chi connectivity index (χ4n) is 2.01. The second-order valence-electron chi connectivity index (χ2n) is 5.11. The molecule has 2 rings (SSSR count). The van der Waals surface area contributed by atoms with Gasteiger partial charge < -0.3 is 9.47 Å². The molecule has 0 spiro atoms. The highest BCUT2D eigenvalue weighted by Gasteiger charge is 2.08. The van der Waals surface area contributed by atoms with Gasteiger partial charge in [0, 0.05) is 14.2 Å². The van der Waals surface area contributed by atoms with Gasteiger partial charge in [0.05, 0.1) is 13.3 Å². The zero-order chi connectivity index (χ0) is 18.2. The topological polar surface area (TPSA) is 59.9 Å². The number of thiophene rings is 1. The number of ether oxygens (including phenoxy) is 2. The largest absolute Gasteiger partial charge is 0.493 e. The molecule has 0 radical (unpaired) electrons. The maximum Gasteiger partial charge on any atom is 0.277 e. The molecule has 5 nitrogen and oxygen atoms in total. The molecule has 1 aromatic carbocycles. The van der Waals surface area contributed by atoms with E-state index >= 15 is 0 Å². The lowest BCUT2D eigenvalue weighted by molar-refractivity contribution is -0.123. The van der Waals surface area contributed by atoms with E-state index in [-0.39, 0.29) is 12.5 Å². The lowest BCUT2D eigenvalue weighted by Gasteiger charge is -2.11. The molecule has 1 aromatic heterocycles. The van der Waals surface area contributed by atoms with E-state index in [1.807, 2.05) is 31.2 Å². The summed E-state index contributed by atoms with van der Waals surface area (Å²) >= 11 is 5.02. The fourth-order valence-corrected chi connectivity index (χ4v) is 3.45. The van der Waals surface area contributed by atoms with Crippen LogP contribution >= 0.6 is 27.3 Å². The molecule has 0 bridgehead atoms. The summed E-state index contributed by atoms with van der Waals surface area (Å²) in [4.78, 5) is 13.9. The van der Waals surface area contributed by atoms with Crippen molar-refractivity contribution in [1.29, 1.82) is 0 Å². The molecule has 1 N–H and O–H groups in total. The Morgan fingerprint density at radius 1 is 1.40 bits per heavy atom. The van der Waals surface area contributed by atoms with Gasteiger partial charge in [0.15, 0.2) is 18.1 Å². The third-order valence-corrected chi connectivity index (χ3v) is 5.30. The van der Waals surface area contributed by atoms with Crippen LogP contribution < -0.4 is 14.9 Å². The summed E-state index contributed by atoms with van der Waals surface area (Å²) in [6.07, 6.45) is 4.16. The van der Waals surface area contributed by atoms with E-state index in [0.717, 1.165) is 26.2 Å². The molecule has 0 atom stereocenters. The molecule has 0 aliphatic carbocycles.